The Morgan fingerprint density at radius 3 is 2.40 bits per heavy atom. The number of ketones is 1. The molecule has 1 aromatic heterocycles. The standard InChI is InChI=1S/C34H37NO5/c1-20-5-6-26(9-21(20)2)33-13-24-11-25(14-33)16-34(15-24,18-33)32(37)38-17-29(36)28-10-22(3)35(23(28)4)27-7-8-30-31(12-27)40-19-39-30/h5-10,12,24-25H,11,13-19H2,1-4H3/t24-,25+,33?,34?. The molecule has 0 spiro atoms. The van der Waals surface area contributed by atoms with Gasteiger partial charge < -0.3 is 18.8 Å². The number of fused-ring (bicyclic) bond motifs is 1. The number of carbonyl (C=O) groups is 2. The van der Waals surface area contributed by atoms with Crippen LogP contribution >= 0.6 is 0 Å². The molecule has 5 aliphatic rings. The second-order valence-corrected chi connectivity index (χ2v) is 13.0. The Balaban J connectivity index is 1.10. The van der Waals surface area contributed by atoms with Crippen LogP contribution in [0.1, 0.15) is 77.0 Å². The molecule has 2 heterocycles. The van der Waals surface area contributed by atoms with Gasteiger partial charge in [0, 0.05) is 28.7 Å². The molecule has 0 saturated heterocycles. The van der Waals surface area contributed by atoms with Crippen molar-refractivity contribution in [2.45, 2.75) is 71.6 Å². The summed E-state index contributed by atoms with van der Waals surface area (Å²) in [4.78, 5) is 27.2. The largest absolute Gasteiger partial charge is 0.457 e. The van der Waals surface area contributed by atoms with Gasteiger partial charge in [0.2, 0.25) is 12.6 Å². The molecule has 2 unspecified atom stereocenters. The summed E-state index contributed by atoms with van der Waals surface area (Å²) in [6, 6.07) is 14.5. The summed E-state index contributed by atoms with van der Waals surface area (Å²) in [7, 11) is 0. The van der Waals surface area contributed by atoms with Crippen LogP contribution in [0.3, 0.4) is 0 Å². The van der Waals surface area contributed by atoms with Crippen LogP contribution in [-0.2, 0) is 14.9 Å². The number of ether oxygens (including phenoxy) is 3. The number of aromatic nitrogens is 1. The highest BCUT2D eigenvalue weighted by molar-refractivity contribution is 5.99. The van der Waals surface area contributed by atoms with Crippen molar-refractivity contribution in [3.05, 3.63) is 76.1 Å². The van der Waals surface area contributed by atoms with Crippen LogP contribution in [0.15, 0.2) is 42.5 Å². The SMILES string of the molecule is Cc1ccc(C23C[C@@H]4C[C@@H](CC(C(=O)OCC(=O)c5cc(C)n(-c6ccc7c(c6)OCO7)c5C)(C4)C2)C3)cc1C. The third-order valence-electron chi connectivity index (χ3n) is 10.3. The van der Waals surface area contributed by atoms with Crippen molar-refractivity contribution in [2.75, 3.05) is 13.4 Å². The molecule has 4 saturated carbocycles. The molecule has 40 heavy (non-hydrogen) atoms. The van der Waals surface area contributed by atoms with Crippen molar-refractivity contribution in [3.8, 4) is 17.2 Å². The van der Waals surface area contributed by atoms with Gasteiger partial charge in [0.15, 0.2) is 18.1 Å². The first-order valence-corrected chi connectivity index (χ1v) is 14.5. The molecule has 6 nitrogen and oxygen atoms in total. The number of rotatable bonds is 6. The molecule has 4 aliphatic carbocycles. The maximum Gasteiger partial charge on any atom is 0.312 e. The third-order valence-corrected chi connectivity index (χ3v) is 10.3. The Bertz CT molecular complexity index is 1530. The quantitative estimate of drug-likeness (QED) is 0.257. The Hall–Kier alpha value is -3.54. The van der Waals surface area contributed by atoms with Gasteiger partial charge >= 0.3 is 5.97 Å². The second-order valence-electron chi connectivity index (χ2n) is 13.0. The topological polar surface area (TPSA) is 66.8 Å². The highest BCUT2D eigenvalue weighted by atomic mass is 16.7. The summed E-state index contributed by atoms with van der Waals surface area (Å²) in [5.74, 6) is 2.17. The molecular formula is C34H37NO5. The Morgan fingerprint density at radius 2 is 1.65 bits per heavy atom. The molecule has 6 heteroatoms. The highest BCUT2D eigenvalue weighted by Crippen LogP contribution is 2.66. The summed E-state index contributed by atoms with van der Waals surface area (Å²) in [5, 5.41) is 0. The van der Waals surface area contributed by atoms with Crippen LogP contribution in [-0.4, -0.2) is 29.7 Å². The van der Waals surface area contributed by atoms with E-state index in [1.54, 1.807) is 0 Å². The van der Waals surface area contributed by atoms with Gasteiger partial charge in [-0.3, -0.25) is 9.59 Å². The van der Waals surface area contributed by atoms with Crippen molar-refractivity contribution in [1.29, 1.82) is 0 Å². The zero-order chi connectivity index (χ0) is 27.8. The van der Waals surface area contributed by atoms with Crippen LogP contribution in [0.4, 0.5) is 0 Å². The molecule has 1 aliphatic heterocycles. The van der Waals surface area contributed by atoms with Gasteiger partial charge in [-0.1, -0.05) is 18.2 Å². The summed E-state index contributed by atoms with van der Waals surface area (Å²) in [6.45, 7) is 8.23. The third kappa shape index (κ3) is 3.90. The lowest BCUT2D eigenvalue weighted by Crippen LogP contribution is -2.57. The predicted octanol–water partition coefficient (Wildman–Crippen LogP) is 6.70. The smallest absolute Gasteiger partial charge is 0.312 e. The van der Waals surface area contributed by atoms with Gasteiger partial charge in [-0.15, -0.1) is 0 Å². The van der Waals surface area contributed by atoms with E-state index in [4.69, 9.17) is 14.2 Å². The molecule has 208 valence electrons. The van der Waals surface area contributed by atoms with Gasteiger partial charge in [-0.05, 0) is 118 Å². The van der Waals surface area contributed by atoms with E-state index in [0.29, 0.717) is 23.1 Å². The van der Waals surface area contributed by atoms with Crippen LogP contribution in [0.2, 0.25) is 0 Å². The minimum atomic E-state index is -0.480. The van der Waals surface area contributed by atoms with E-state index < -0.39 is 5.41 Å². The van der Waals surface area contributed by atoms with Crippen molar-refractivity contribution < 1.29 is 23.8 Å². The number of Topliss-reactive ketones (excluding diaryl/α,β-unsaturated/α-hetero) is 1. The Labute approximate surface area is 235 Å². The van der Waals surface area contributed by atoms with Gasteiger partial charge in [0.25, 0.3) is 0 Å². The number of aryl methyl sites for hydroxylation is 3. The van der Waals surface area contributed by atoms with Gasteiger partial charge in [-0.2, -0.15) is 0 Å². The fourth-order valence-electron chi connectivity index (χ4n) is 8.74. The highest BCUT2D eigenvalue weighted by Gasteiger charge is 2.61. The maximum absolute atomic E-state index is 13.8. The van der Waals surface area contributed by atoms with Crippen LogP contribution in [0.5, 0.6) is 11.5 Å². The minimum Gasteiger partial charge on any atom is -0.457 e. The van der Waals surface area contributed by atoms with Crippen LogP contribution in [0, 0.1) is 44.9 Å². The van der Waals surface area contributed by atoms with Crippen LogP contribution < -0.4 is 9.47 Å². The lowest BCUT2D eigenvalue weighted by atomic mass is 9.43. The monoisotopic (exact) mass is 539 g/mol. The lowest BCUT2D eigenvalue weighted by molar-refractivity contribution is -0.172. The molecule has 0 amide bonds. The van der Waals surface area contributed by atoms with Gasteiger partial charge in [0.1, 0.15) is 0 Å². The average molecular weight is 540 g/mol. The first kappa shape index (κ1) is 25.4. The molecule has 4 atom stereocenters. The zero-order valence-electron chi connectivity index (χ0n) is 23.8. The molecule has 0 radical (unpaired) electrons. The first-order chi connectivity index (χ1) is 19.2. The molecule has 4 fully saturated rings. The Kier molecular flexibility index (Phi) is 5.71. The molecule has 0 N–H and O–H groups in total. The number of benzene rings is 2. The number of esters is 1. The molecule has 3 aromatic rings. The van der Waals surface area contributed by atoms with Crippen molar-refractivity contribution in [3.63, 3.8) is 0 Å². The second kappa shape index (κ2) is 8.98. The summed E-state index contributed by atoms with van der Waals surface area (Å²) >= 11 is 0. The maximum atomic E-state index is 13.8. The Morgan fingerprint density at radius 1 is 0.900 bits per heavy atom. The number of carbonyl (C=O) groups excluding carboxylic acids is 2. The summed E-state index contributed by atoms with van der Waals surface area (Å²) in [5.41, 5.74) is 6.80. The van der Waals surface area contributed by atoms with Crippen molar-refractivity contribution in [2.24, 2.45) is 17.3 Å². The van der Waals surface area contributed by atoms with E-state index in [1.165, 1.54) is 23.1 Å². The van der Waals surface area contributed by atoms with E-state index >= 15 is 0 Å². The predicted molar refractivity (Wildman–Crippen MR) is 151 cm³/mol. The molecule has 8 rings (SSSR count). The number of nitrogens with zero attached hydrogens (tertiary/aromatic N) is 1. The normalized spacial score (nSPS) is 27.7. The fourth-order valence-corrected chi connectivity index (χ4v) is 8.74. The van der Waals surface area contributed by atoms with Crippen LogP contribution in [0.25, 0.3) is 5.69 Å². The van der Waals surface area contributed by atoms with E-state index in [2.05, 4.69) is 32.0 Å². The lowest BCUT2D eigenvalue weighted by Gasteiger charge is -2.61. The average Bonchev–Trinajstić information content (AvgIpc) is 3.50. The van der Waals surface area contributed by atoms with E-state index in [1.807, 2.05) is 42.7 Å². The van der Waals surface area contributed by atoms with E-state index in [9.17, 15) is 9.59 Å². The number of hydrogen-bond donors (Lipinski definition) is 0. The van der Waals surface area contributed by atoms with E-state index in [0.717, 1.165) is 54.9 Å². The van der Waals surface area contributed by atoms with Crippen molar-refractivity contribution >= 4 is 11.8 Å². The first-order valence-electron chi connectivity index (χ1n) is 14.5. The molecular weight excluding hydrogens is 502 g/mol. The van der Waals surface area contributed by atoms with E-state index in [-0.39, 0.29) is 30.6 Å². The number of hydrogen-bond acceptors (Lipinski definition) is 5. The van der Waals surface area contributed by atoms with Crippen molar-refractivity contribution in [1.82, 2.24) is 4.57 Å². The minimum absolute atomic E-state index is 0.0428. The summed E-state index contributed by atoms with van der Waals surface area (Å²) < 4.78 is 18.9. The summed E-state index contributed by atoms with van der Waals surface area (Å²) in [6.07, 6.45) is 6.15. The molecule has 4 bridgehead atoms. The molecule has 2 aromatic carbocycles. The fraction of sp³-hybridized carbons (Fsp3) is 0.471. The van der Waals surface area contributed by atoms with Gasteiger partial charge in [-0.25, -0.2) is 0 Å². The van der Waals surface area contributed by atoms with Gasteiger partial charge in [0.05, 0.1) is 5.41 Å². The zero-order valence-corrected chi connectivity index (χ0v) is 23.8.